The number of sulfonamides is 1. The summed E-state index contributed by atoms with van der Waals surface area (Å²) in [7, 11) is -2.39. The van der Waals surface area contributed by atoms with Crippen molar-refractivity contribution in [2.24, 2.45) is 0 Å². The van der Waals surface area contributed by atoms with Crippen LogP contribution in [0.5, 0.6) is 5.75 Å². The molecule has 0 N–H and O–H groups in total. The summed E-state index contributed by atoms with van der Waals surface area (Å²) in [6.07, 6.45) is 0.976. The maximum absolute atomic E-state index is 14.0. The second-order valence-corrected chi connectivity index (χ2v) is 11.4. The fraction of sp³-hybridized carbons (Fsp3) is 0.440. The lowest BCUT2D eigenvalue weighted by molar-refractivity contribution is -0.121. The molecule has 2 heterocycles. The molecule has 8 nitrogen and oxygen atoms in total. The third-order valence-corrected chi connectivity index (χ3v) is 9.50. The van der Waals surface area contributed by atoms with Gasteiger partial charge in [0.05, 0.1) is 16.7 Å². The molecule has 1 saturated heterocycles. The van der Waals surface area contributed by atoms with Gasteiger partial charge in [0.1, 0.15) is 23.1 Å². The number of likely N-dealkylation sites (N-methyl/N-ethyl adjacent to an activating group) is 1. The first-order chi connectivity index (χ1) is 17.3. The average Bonchev–Trinajstić information content (AvgIpc) is 3.54. The fourth-order valence-electron chi connectivity index (χ4n) is 4.47. The zero-order chi connectivity index (χ0) is 25.9. The number of methoxy groups -OCH3 is 1. The number of fused-ring (bicyclic) bond motifs is 1. The van der Waals surface area contributed by atoms with Crippen molar-refractivity contribution in [3.8, 4) is 5.75 Å². The highest BCUT2D eigenvalue weighted by molar-refractivity contribution is 7.89. The van der Waals surface area contributed by atoms with E-state index in [9.17, 15) is 17.6 Å². The third-order valence-electron chi connectivity index (χ3n) is 6.53. The smallest absolute Gasteiger partial charge is 0.247 e. The number of rotatable bonds is 10. The fourth-order valence-corrected chi connectivity index (χ4v) is 7.14. The highest BCUT2D eigenvalue weighted by Crippen LogP contribution is 2.36. The molecule has 0 radical (unpaired) electrons. The summed E-state index contributed by atoms with van der Waals surface area (Å²) in [4.78, 5) is 22.5. The Morgan fingerprint density at radius 2 is 1.89 bits per heavy atom. The third kappa shape index (κ3) is 5.24. The molecular weight excluding hydrogens is 503 g/mol. The van der Waals surface area contributed by atoms with Crippen LogP contribution >= 0.6 is 11.3 Å². The van der Waals surface area contributed by atoms with Crippen LogP contribution in [0.15, 0.2) is 47.4 Å². The molecule has 0 aliphatic carbocycles. The number of halogens is 1. The van der Waals surface area contributed by atoms with E-state index in [2.05, 4.69) is 18.7 Å². The number of ether oxygens (including phenoxy) is 1. The van der Waals surface area contributed by atoms with Crippen molar-refractivity contribution in [1.29, 1.82) is 0 Å². The van der Waals surface area contributed by atoms with Gasteiger partial charge < -0.3 is 9.64 Å². The maximum Gasteiger partial charge on any atom is 0.247 e. The second-order valence-electron chi connectivity index (χ2n) is 8.55. The van der Waals surface area contributed by atoms with Crippen molar-refractivity contribution in [2.75, 3.05) is 44.7 Å². The minimum Gasteiger partial charge on any atom is -0.494 e. The molecular formula is C25H31FN4O4S2. The zero-order valence-electron chi connectivity index (χ0n) is 20.7. The van der Waals surface area contributed by atoms with Crippen LogP contribution in [0.2, 0.25) is 0 Å². The first-order valence-electron chi connectivity index (χ1n) is 12.0. The number of hydrogen-bond donors (Lipinski definition) is 0. The molecule has 11 heteroatoms. The van der Waals surface area contributed by atoms with Gasteiger partial charge in [0.2, 0.25) is 15.9 Å². The molecule has 4 rings (SSSR count). The topological polar surface area (TPSA) is 83.0 Å². The lowest BCUT2D eigenvalue weighted by Gasteiger charge is -2.30. The standard InChI is InChI=1S/C25H31FN4O4S2/c1-4-28(5-2)16-17-29(25-27-23-21(34-3)9-6-10-22(23)35-25)24(31)20-8-7-15-30(20)36(32,33)19-13-11-18(26)12-14-19/h6,9-14,20H,4-5,7-8,15-17H2,1-3H3. The van der Waals surface area contributed by atoms with E-state index in [-0.39, 0.29) is 17.3 Å². The van der Waals surface area contributed by atoms with Gasteiger partial charge in [-0.05, 0) is 62.3 Å². The van der Waals surface area contributed by atoms with E-state index in [0.717, 1.165) is 29.9 Å². The van der Waals surface area contributed by atoms with Crippen molar-refractivity contribution < 1.29 is 22.3 Å². The van der Waals surface area contributed by atoms with Crippen molar-refractivity contribution in [3.05, 3.63) is 48.3 Å². The summed E-state index contributed by atoms with van der Waals surface area (Å²) in [6.45, 7) is 7.03. The lowest BCUT2D eigenvalue weighted by Crippen LogP contribution is -2.49. The molecule has 0 bridgehead atoms. The van der Waals surface area contributed by atoms with Gasteiger partial charge in [-0.3, -0.25) is 9.69 Å². The number of amides is 1. The molecule has 1 atom stereocenters. The zero-order valence-corrected chi connectivity index (χ0v) is 22.3. The van der Waals surface area contributed by atoms with Gasteiger partial charge in [0.25, 0.3) is 0 Å². The van der Waals surface area contributed by atoms with Crippen LogP contribution < -0.4 is 9.64 Å². The Balaban J connectivity index is 1.69. The number of hydrogen-bond acceptors (Lipinski definition) is 7. The number of anilines is 1. The Bertz CT molecular complexity index is 1310. The van der Waals surface area contributed by atoms with Crippen molar-refractivity contribution in [3.63, 3.8) is 0 Å². The number of thiazole rings is 1. The van der Waals surface area contributed by atoms with Crippen LogP contribution in [0.3, 0.4) is 0 Å². The van der Waals surface area contributed by atoms with Gasteiger partial charge >= 0.3 is 0 Å². The van der Waals surface area contributed by atoms with Crippen molar-refractivity contribution in [2.45, 2.75) is 37.6 Å². The second kappa shape index (κ2) is 11.2. The Labute approximate surface area is 215 Å². The minimum absolute atomic E-state index is 0.0250. The molecule has 1 unspecified atom stereocenters. The van der Waals surface area contributed by atoms with Gasteiger partial charge in [0.15, 0.2) is 5.13 Å². The number of carbonyl (C=O) groups is 1. The van der Waals surface area contributed by atoms with Crippen LogP contribution in [0.4, 0.5) is 9.52 Å². The van der Waals surface area contributed by atoms with Crippen LogP contribution in [0.25, 0.3) is 10.2 Å². The Kier molecular flexibility index (Phi) is 8.23. The normalized spacial score (nSPS) is 16.6. The van der Waals surface area contributed by atoms with E-state index in [0.29, 0.717) is 42.3 Å². The summed E-state index contributed by atoms with van der Waals surface area (Å²) < 4.78 is 47.8. The van der Waals surface area contributed by atoms with E-state index >= 15 is 0 Å². The lowest BCUT2D eigenvalue weighted by atomic mass is 10.2. The molecule has 0 saturated carbocycles. The summed E-state index contributed by atoms with van der Waals surface area (Å²) in [5.74, 6) is -0.201. The molecule has 194 valence electrons. The first kappa shape index (κ1) is 26.5. The van der Waals surface area contributed by atoms with E-state index in [1.807, 2.05) is 18.2 Å². The molecule has 3 aromatic rings. The summed E-state index contributed by atoms with van der Waals surface area (Å²) in [5.41, 5.74) is 0.669. The van der Waals surface area contributed by atoms with Gasteiger partial charge in [-0.2, -0.15) is 4.31 Å². The van der Waals surface area contributed by atoms with E-state index in [4.69, 9.17) is 9.72 Å². The molecule has 1 aliphatic rings. The maximum atomic E-state index is 14.0. The molecule has 2 aromatic carbocycles. The number of para-hydroxylation sites is 1. The predicted molar refractivity (Wildman–Crippen MR) is 140 cm³/mol. The van der Waals surface area contributed by atoms with Crippen LogP contribution in [-0.2, 0) is 14.8 Å². The highest BCUT2D eigenvalue weighted by atomic mass is 32.2. The van der Waals surface area contributed by atoms with Gasteiger partial charge in [-0.1, -0.05) is 31.3 Å². The molecule has 36 heavy (non-hydrogen) atoms. The van der Waals surface area contributed by atoms with E-state index in [1.54, 1.807) is 12.0 Å². The van der Waals surface area contributed by atoms with Gasteiger partial charge in [-0.15, -0.1) is 0 Å². The number of nitrogens with zero attached hydrogens (tertiary/aromatic N) is 4. The highest BCUT2D eigenvalue weighted by Gasteiger charge is 2.42. The number of benzene rings is 2. The van der Waals surface area contributed by atoms with Crippen LogP contribution in [0.1, 0.15) is 26.7 Å². The monoisotopic (exact) mass is 534 g/mol. The van der Waals surface area contributed by atoms with Crippen molar-refractivity contribution in [1.82, 2.24) is 14.2 Å². The van der Waals surface area contributed by atoms with E-state index < -0.39 is 21.9 Å². The Hall–Kier alpha value is -2.60. The van der Waals surface area contributed by atoms with Gasteiger partial charge in [0, 0.05) is 19.6 Å². The average molecular weight is 535 g/mol. The van der Waals surface area contributed by atoms with Crippen LogP contribution in [0, 0.1) is 5.82 Å². The summed E-state index contributed by atoms with van der Waals surface area (Å²) in [5, 5.41) is 0.512. The first-order valence-corrected chi connectivity index (χ1v) is 14.3. The minimum atomic E-state index is -3.97. The number of carbonyl (C=O) groups excluding carboxylic acids is 1. The van der Waals surface area contributed by atoms with E-state index in [1.165, 1.54) is 27.8 Å². The summed E-state index contributed by atoms with van der Waals surface area (Å²) in [6, 6.07) is 9.47. The number of aromatic nitrogens is 1. The summed E-state index contributed by atoms with van der Waals surface area (Å²) >= 11 is 1.38. The quantitative estimate of drug-likeness (QED) is 0.392. The Morgan fingerprint density at radius 1 is 1.17 bits per heavy atom. The molecule has 1 fully saturated rings. The Morgan fingerprint density at radius 3 is 2.56 bits per heavy atom. The molecule has 1 amide bonds. The molecule has 0 spiro atoms. The predicted octanol–water partition coefficient (Wildman–Crippen LogP) is 3.97. The van der Waals surface area contributed by atoms with Gasteiger partial charge in [-0.25, -0.2) is 17.8 Å². The van der Waals surface area contributed by atoms with Crippen molar-refractivity contribution >= 4 is 42.6 Å². The SMILES string of the molecule is CCN(CC)CCN(C(=O)C1CCCN1S(=O)(=O)c1ccc(F)cc1)c1nc2c(OC)cccc2s1. The molecule has 1 aromatic heterocycles. The van der Waals surface area contributed by atoms with Crippen LogP contribution in [-0.4, -0.2) is 74.4 Å². The molecule has 1 aliphatic heterocycles. The largest absolute Gasteiger partial charge is 0.494 e.